The maximum absolute atomic E-state index is 11.9. The van der Waals surface area contributed by atoms with Crippen molar-refractivity contribution in [2.24, 2.45) is 12.0 Å². The lowest BCUT2D eigenvalue weighted by atomic mass is 10.1. The fourth-order valence-corrected chi connectivity index (χ4v) is 3.25. The number of aromatic nitrogens is 2. The van der Waals surface area contributed by atoms with Crippen LogP contribution in [-0.4, -0.2) is 38.8 Å². The van der Waals surface area contributed by atoms with Crippen LogP contribution in [0.5, 0.6) is 0 Å². The number of piperidine rings is 1. The summed E-state index contributed by atoms with van der Waals surface area (Å²) in [7, 11) is 1.86. The number of rotatable bonds is 1. The van der Waals surface area contributed by atoms with Gasteiger partial charge in [-0.2, -0.15) is 10.1 Å². The van der Waals surface area contributed by atoms with Gasteiger partial charge >= 0.3 is 0 Å². The fourth-order valence-electron chi connectivity index (χ4n) is 2.28. The maximum Gasteiger partial charge on any atom is 0.286 e. The zero-order chi connectivity index (χ0) is 13.2. The number of hydrogen-bond donors (Lipinski definition) is 0. The zero-order valence-electron chi connectivity index (χ0n) is 10.9. The zero-order valence-corrected chi connectivity index (χ0v) is 11.7. The monoisotopic (exact) mass is 276 g/mol. The first-order valence-electron chi connectivity index (χ1n) is 6.48. The molecule has 1 aromatic heterocycles. The summed E-state index contributed by atoms with van der Waals surface area (Å²) >= 11 is 1.48. The number of likely N-dealkylation sites (tertiary alicyclic amines) is 1. The highest BCUT2D eigenvalue weighted by molar-refractivity contribution is 8.18. The summed E-state index contributed by atoms with van der Waals surface area (Å²) in [5, 5.41) is 4.96. The molecule has 0 aliphatic carbocycles. The van der Waals surface area contributed by atoms with E-state index in [1.807, 2.05) is 19.3 Å². The van der Waals surface area contributed by atoms with Gasteiger partial charge in [0.15, 0.2) is 5.17 Å². The van der Waals surface area contributed by atoms with Gasteiger partial charge in [0.1, 0.15) is 0 Å². The Labute approximate surface area is 116 Å². The predicted octanol–water partition coefficient (Wildman–Crippen LogP) is 1.88. The van der Waals surface area contributed by atoms with Crippen molar-refractivity contribution < 1.29 is 4.79 Å². The Morgan fingerprint density at radius 1 is 1.32 bits per heavy atom. The molecule has 0 spiro atoms. The molecule has 0 atom stereocenters. The third-order valence-corrected chi connectivity index (χ3v) is 4.30. The SMILES string of the molecule is Cn1cc(C=C2SC(N3CCCCC3)=NC2=O)cn1. The smallest absolute Gasteiger partial charge is 0.286 e. The molecule has 1 aromatic rings. The standard InChI is InChI=1S/C13H16N4OS/c1-16-9-10(8-14-16)7-11-12(18)15-13(19-11)17-5-3-2-4-6-17/h7-9H,2-6H2,1H3. The molecular formula is C13H16N4OS. The number of aliphatic imine (C=N–C) groups is 1. The van der Waals surface area contributed by atoms with Crippen LogP contribution in [0.25, 0.3) is 6.08 Å². The van der Waals surface area contributed by atoms with Crippen molar-refractivity contribution in [3.8, 4) is 0 Å². The van der Waals surface area contributed by atoms with E-state index in [1.54, 1.807) is 10.9 Å². The van der Waals surface area contributed by atoms with E-state index in [-0.39, 0.29) is 5.91 Å². The van der Waals surface area contributed by atoms with Crippen LogP contribution in [-0.2, 0) is 11.8 Å². The Hall–Kier alpha value is -1.56. The fraction of sp³-hybridized carbons (Fsp3) is 0.462. The Bertz CT molecular complexity index is 555. The van der Waals surface area contributed by atoms with Crippen molar-refractivity contribution >= 4 is 28.9 Å². The Balaban J connectivity index is 1.74. The van der Waals surface area contributed by atoms with Gasteiger partial charge < -0.3 is 4.90 Å². The number of thioether (sulfide) groups is 1. The quantitative estimate of drug-likeness (QED) is 0.735. The van der Waals surface area contributed by atoms with Crippen LogP contribution in [0.4, 0.5) is 0 Å². The summed E-state index contributed by atoms with van der Waals surface area (Å²) in [6.45, 7) is 2.03. The lowest BCUT2D eigenvalue weighted by Crippen LogP contribution is -2.33. The Morgan fingerprint density at radius 3 is 2.79 bits per heavy atom. The van der Waals surface area contributed by atoms with Crippen molar-refractivity contribution in [3.05, 3.63) is 22.9 Å². The lowest BCUT2D eigenvalue weighted by molar-refractivity contribution is -0.113. The molecule has 1 fully saturated rings. The molecular weight excluding hydrogens is 260 g/mol. The van der Waals surface area contributed by atoms with Gasteiger partial charge in [0.05, 0.1) is 11.1 Å². The minimum absolute atomic E-state index is 0.130. The molecule has 5 nitrogen and oxygen atoms in total. The first kappa shape index (κ1) is 12.5. The molecule has 0 saturated carbocycles. The van der Waals surface area contributed by atoms with E-state index in [1.165, 1.54) is 31.0 Å². The number of nitrogens with zero attached hydrogens (tertiary/aromatic N) is 4. The minimum atomic E-state index is -0.130. The number of hydrogen-bond acceptors (Lipinski definition) is 4. The van der Waals surface area contributed by atoms with Crippen LogP contribution in [0.2, 0.25) is 0 Å². The number of amides is 1. The molecule has 0 radical (unpaired) electrons. The second-order valence-electron chi connectivity index (χ2n) is 4.81. The van der Waals surface area contributed by atoms with Crippen LogP contribution >= 0.6 is 11.8 Å². The van der Waals surface area contributed by atoms with Gasteiger partial charge in [-0.05, 0) is 37.1 Å². The molecule has 3 heterocycles. The van der Waals surface area contributed by atoms with Gasteiger partial charge in [0, 0.05) is 31.9 Å². The molecule has 1 saturated heterocycles. The summed E-state index contributed by atoms with van der Waals surface area (Å²) < 4.78 is 1.73. The van der Waals surface area contributed by atoms with E-state index in [4.69, 9.17) is 0 Å². The van der Waals surface area contributed by atoms with E-state index in [0.29, 0.717) is 4.91 Å². The topological polar surface area (TPSA) is 50.5 Å². The molecule has 0 N–H and O–H groups in total. The number of carbonyl (C=O) groups excluding carboxylic acids is 1. The summed E-state index contributed by atoms with van der Waals surface area (Å²) in [6, 6.07) is 0. The van der Waals surface area contributed by atoms with E-state index in [2.05, 4.69) is 15.0 Å². The minimum Gasteiger partial charge on any atom is -0.351 e. The summed E-state index contributed by atoms with van der Waals surface area (Å²) in [6.07, 6.45) is 9.16. The number of aryl methyl sites for hydroxylation is 1. The molecule has 100 valence electrons. The van der Waals surface area contributed by atoms with Crippen molar-refractivity contribution in [1.29, 1.82) is 0 Å². The molecule has 0 unspecified atom stereocenters. The summed E-state index contributed by atoms with van der Waals surface area (Å²) in [5.41, 5.74) is 0.938. The van der Waals surface area contributed by atoms with Gasteiger partial charge in [-0.3, -0.25) is 9.48 Å². The second-order valence-corrected chi connectivity index (χ2v) is 5.81. The van der Waals surface area contributed by atoms with Crippen molar-refractivity contribution in [2.75, 3.05) is 13.1 Å². The normalized spacial score (nSPS) is 22.2. The second kappa shape index (κ2) is 5.21. The van der Waals surface area contributed by atoms with Gasteiger partial charge in [-0.25, -0.2) is 0 Å². The molecule has 3 rings (SSSR count). The molecule has 2 aliphatic heterocycles. The van der Waals surface area contributed by atoms with Gasteiger partial charge in [-0.15, -0.1) is 0 Å². The molecule has 2 aliphatic rings. The molecule has 0 bridgehead atoms. The van der Waals surface area contributed by atoms with Crippen LogP contribution in [0.3, 0.4) is 0 Å². The number of carbonyl (C=O) groups is 1. The highest BCUT2D eigenvalue weighted by Crippen LogP contribution is 2.31. The van der Waals surface area contributed by atoms with Gasteiger partial charge in [0.25, 0.3) is 5.91 Å². The number of amidine groups is 1. The molecule has 0 aromatic carbocycles. The molecule has 1 amide bonds. The van der Waals surface area contributed by atoms with Gasteiger partial charge in [-0.1, -0.05) is 0 Å². The first-order chi connectivity index (χ1) is 9.22. The highest BCUT2D eigenvalue weighted by Gasteiger charge is 2.26. The average molecular weight is 276 g/mol. The van der Waals surface area contributed by atoms with E-state index >= 15 is 0 Å². The Kier molecular flexibility index (Phi) is 3.42. The van der Waals surface area contributed by atoms with E-state index in [0.717, 1.165) is 23.8 Å². The van der Waals surface area contributed by atoms with Crippen LogP contribution in [0, 0.1) is 0 Å². The third kappa shape index (κ3) is 2.73. The van der Waals surface area contributed by atoms with Crippen LogP contribution in [0.1, 0.15) is 24.8 Å². The largest absolute Gasteiger partial charge is 0.351 e. The Morgan fingerprint density at radius 2 is 2.11 bits per heavy atom. The molecule has 19 heavy (non-hydrogen) atoms. The first-order valence-corrected chi connectivity index (χ1v) is 7.30. The maximum atomic E-state index is 11.9. The van der Waals surface area contributed by atoms with Gasteiger partial charge in [0.2, 0.25) is 0 Å². The predicted molar refractivity (Wildman–Crippen MR) is 76.6 cm³/mol. The van der Waals surface area contributed by atoms with Crippen LogP contribution < -0.4 is 0 Å². The average Bonchev–Trinajstić information content (AvgIpc) is 2.98. The summed E-state index contributed by atoms with van der Waals surface area (Å²) in [4.78, 5) is 19.0. The lowest BCUT2D eigenvalue weighted by Gasteiger charge is -2.27. The van der Waals surface area contributed by atoms with Crippen molar-refractivity contribution in [2.45, 2.75) is 19.3 Å². The highest BCUT2D eigenvalue weighted by atomic mass is 32.2. The van der Waals surface area contributed by atoms with E-state index < -0.39 is 0 Å². The van der Waals surface area contributed by atoms with Crippen LogP contribution in [0.15, 0.2) is 22.3 Å². The summed E-state index contributed by atoms with van der Waals surface area (Å²) in [5.74, 6) is -0.130. The van der Waals surface area contributed by atoms with Crippen molar-refractivity contribution in [1.82, 2.24) is 14.7 Å². The third-order valence-electron chi connectivity index (χ3n) is 3.26. The molecule has 6 heteroatoms. The van der Waals surface area contributed by atoms with E-state index in [9.17, 15) is 4.79 Å². The van der Waals surface area contributed by atoms with Crippen molar-refractivity contribution in [3.63, 3.8) is 0 Å².